The first-order chi connectivity index (χ1) is 8.72. The lowest BCUT2D eigenvalue weighted by atomic mass is 9.96. The van der Waals surface area contributed by atoms with Gasteiger partial charge in [-0.2, -0.15) is 0 Å². The van der Waals surface area contributed by atoms with Crippen molar-refractivity contribution in [2.24, 2.45) is 5.73 Å². The van der Waals surface area contributed by atoms with Crippen LogP contribution in [0, 0.1) is 0 Å². The van der Waals surface area contributed by atoms with Gasteiger partial charge in [-0.05, 0) is 29.2 Å². The monoisotopic (exact) mass is 247 g/mol. The van der Waals surface area contributed by atoms with Crippen LogP contribution in [0.15, 0.2) is 18.2 Å². The highest BCUT2D eigenvalue weighted by Gasteiger charge is 2.15. The predicted molar refractivity (Wildman–Crippen MR) is 74.2 cm³/mol. The molecule has 2 N–H and O–H groups in total. The molecular weight excluding hydrogens is 226 g/mol. The third-order valence-corrected chi connectivity index (χ3v) is 3.01. The van der Waals surface area contributed by atoms with Crippen molar-refractivity contribution in [1.82, 2.24) is 0 Å². The van der Waals surface area contributed by atoms with E-state index in [-0.39, 0.29) is 0 Å². The van der Waals surface area contributed by atoms with Crippen molar-refractivity contribution in [2.75, 3.05) is 19.8 Å². The van der Waals surface area contributed by atoms with Crippen molar-refractivity contribution < 1.29 is 9.47 Å². The summed E-state index contributed by atoms with van der Waals surface area (Å²) in [5, 5.41) is 0. The third kappa shape index (κ3) is 2.85. The van der Waals surface area contributed by atoms with Gasteiger partial charge >= 0.3 is 0 Å². The van der Waals surface area contributed by atoms with E-state index in [9.17, 15) is 0 Å². The topological polar surface area (TPSA) is 44.5 Å². The maximum atomic E-state index is 5.72. The van der Waals surface area contributed by atoms with Crippen LogP contribution in [-0.2, 0) is 0 Å². The number of hydrogen-bond donors (Lipinski definition) is 1. The molecule has 0 aromatic heterocycles. The summed E-state index contributed by atoms with van der Waals surface area (Å²) in [5.41, 5.74) is 7.96. The summed E-state index contributed by atoms with van der Waals surface area (Å²) in [6, 6.07) is 4.16. The standard InChI is InChI=1S/C15H21NO2/c1-11(2)13-10-15-14(17-7-4-8-18-15)9-12(13)5-3-6-16/h3,5,9-11H,4,6-8,16H2,1-2H3/b5-3+. The van der Waals surface area contributed by atoms with Crippen LogP contribution in [0.1, 0.15) is 37.3 Å². The fourth-order valence-electron chi connectivity index (χ4n) is 2.08. The zero-order valence-electron chi connectivity index (χ0n) is 11.1. The Kier molecular flexibility index (Phi) is 4.26. The van der Waals surface area contributed by atoms with Crippen molar-refractivity contribution in [1.29, 1.82) is 0 Å². The number of nitrogens with two attached hydrogens (primary N) is 1. The summed E-state index contributed by atoms with van der Waals surface area (Å²) in [6.45, 7) is 6.35. The summed E-state index contributed by atoms with van der Waals surface area (Å²) in [7, 11) is 0. The molecule has 1 heterocycles. The van der Waals surface area contributed by atoms with E-state index < -0.39 is 0 Å². The second-order valence-electron chi connectivity index (χ2n) is 4.77. The Morgan fingerprint density at radius 2 is 1.89 bits per heavy atom. The quantitative estimate of drug-likeness (QED) is 0.893. The molecule has 0 fully saturated rings. The summed E-state index contributed by atoms with van der Waals surface area (Å²) in [6.07, 6.45) is 4.95. The first-order valence-electron chi connectivity index (χ1n) is 6.52. The van der Waals surface area contributed by atoms with Gasteiger partial charge in [-0.15, -0.1) is 0 Å². The molecular formula is C15H21NO2. The first kappa shape index (κ1) is 13.0. The summed E-state index contributed by atoms with van der Waals surface area (Å²) in [4.78, 5) is 0. The van der Waals surface area contributed by atoms with Gasteiger partial charge in [0, 0.05) is 13.0 Å². The molecule has 0 aliphatic carbocycles. The highest BCUT2D eigenvalue weighted by molar-refractivity contribution is 5.61. The molecule has 3 heteroatoms. The average Bonchev–Trinajstić information content (AvgIpc) is 2.59. The predicted octanol–water partition coefficient (Wildman–Crippen LogP) is 2.94. The molecule has 1 aliphatic heterocycles. The first-order valence-corrected chi connectivity index (χ1v) is 6.52. The second-order valence-corrected chi connectivity index (χ2v) is 4.77. The average molecular weight is 247 g/mol. The molecule has 0 spiro atoms. The molecule has 1 aromatic carbocycles. The number of ether oxygens (including phenoxy) is 2. The fourth-order valence-corrected chi connectivity index (χ4v) is 2.08. The lowest BCUT2D eigenvalue weighted by Gasteiger charge is -2.15. The molecule has 98 valence electrons. The van der Waals surface area contributed by atoms with Crippen molar-refractivity contribution >= 4 is 6.08 Å². The van der Waals surface area contributed by atoms with Gasteiger partial charge in [0.2, 0.25) is 0 Å². The van der Waals surface area contributed by atoms with E-state index in [4.69, 9.17) is 15.2 Å². The zero-order chi connectivity index (χ0) is 13.0. The molecule has 3 nitrogen and oxygen atoms in total. The molecule has 18 heavy (non-hydrogen) atoms. The van der Waals surface area contributed by atoms with Gasteiger partial charge in [-0.3, -0.25) is 0 Å². The van der Waals surface area contributed by atoms with Gasteiger partial charge in [-0.25, -0.2) is 0 Å². The van der Waals surface area contributed by atoms with Gasteiger partial charge in [0.25, 0.3) is 0 Å². The third-order valence-electron chi connectivity index (χ3n) is 3.01. The normalized spacial score (nSPS) is 15.1. The van der Waals surface area contributed by atoms with E-state index >= 15 is 0 Å². The molecule has 0 atom stereocenters. The SMILES string of the molecule is CC(C)c1cc2c(cc1/C=C/CN)OCCCO2. The smallest absolute Gasteiger partial charge is 0.161 e. The molecule has 1 aliphatic rings. The van der Waals surface area contributed by atoms with Crippen LogP contribution in [-0.4, -0.2) is 19.8 Å². The maximum absolute atomic E-state index is 5.72. The Labute approximate surface area is 109 Å². The van der Waals surface area contributed by atoms with Gasteiger partial charge in [0.1, 0.15) is 0 Å². The van der Waals surface area contributed by atoms with Gasteiger partial charge in [0.15, 0.2) is 11.5 Å². The molecule has 0 bridgehead atoms. The molecule has 2 rings (SSSR count). The molecule has 0 saturated heterocycles. The van der Waals surface area contributed by atoms with Crippen LogP contribution in [0.5, 0.6) is 11.5 Å². The lowest BCUT2D eigenvalue weighted by Crippen LogP contribution is -1.98. The van der Waals surface area contributed by atoms with Crippen LogP contribution in [0.4, 0.5) is 0 Å². The van der Waals surface area contributed by atoms with E-state index in [1.807, 2.05) is 6.08 Å². The Bertz CT molecular complexity index is 438. The maximum Gasteiger partial charge on any atom is 0.161 e. The van der Waals surface area contributed by atoms with Crippen LogP contribution in [0.3, 0.4) is 0 Å². The van der Waals surface area contributed by atoms with E-state index in [0.29, 0.717) is 19.1 Å². The fraction of sp³-hybridized carbons (Fsp3) is 0.467. The second kappa shape index (κ2) is 5.91. The van der Waals surface area contributed by atoms with E-state index in [2.05, 4.69) is 32.1 Å². The number of rotatable bonds is 3. The highest BCUT2D eigenvalue weighted by atomic mass is 16.5. The molecule has 1 aromatic rings. The minimum atomic E-state index is 0.444. The Morgan fingerprint density at radius 1 is 1.22 bits per heavy atom. The summed E-state index contributed by atoms with van der Waals surface area (Å²) >= 11 is 0. The zero-order valence-corrected chi connectivity index (χ0v) is 11.1. The minimum absolute atomic E-state index is 0.444. The van der Waals surface area contributed by atoms with E-state index in [1.165, 1.54) is 11.1 Å². The van der Waals surface area contributed by atoms with Crippen LogP contribution in [0.2, 0.25) is 0 Å². The molecule has 0 saturated carbocycles. The lowest BCUT2D eigenvalue weighted by molar-refractivity contribution is 0.297. The summed E-state index contributed by atoms with van der Waals surface area (Å²) in [5.74, 6) is 2.15. The number of hydrogen-bond acceptors (Lipinski definition) is 3. The van der Waals surface area contributed by atoms with Crippen LogP contribution < -0.4 is 15.2 Å². The van der Waals surface area contributed by atoms with Gasteiger partial charge in [-0.1, -0.05) is 26.0 Å². The Morgan fingerprint density at radius 3 is 2.50 bits per heavy atom. The van der Waals surface area contributed by atoms with Gasteiger partial charge in [0.05, 0.1) is 13.2 Å². The summed E-state index contributed by atoms with van der Waals surface area (Å²) < 4.78 is 11.4. The van der Waals surface area contributed by atoms with Crippen LogP contribution >= 0.6 is 0 Å². The van der Waals surface area contributed by atoms with Crippen molar-refractivity contribution in [3.05, 3.63) is 29.3 Å². The van der Waals surface area contributed by atoms with E-state index in [0.717, 1.165) is 24.5 Å². The number of benzene rings is 1. The largest absolute Gasteiger partial charge is 0.490 e. The highest BCUT2D eigenvalue weighted by Crippen LogP contribution is 2.36. The van der Waals surface area contributed by atoms with Crippen molar-refractivity contribution in [2.45, 2.75) is 26.2 Å². The number of fused-ring (bicyclic) bond motifs is 1. The van der Waals surface area contributed by atoms with Crippen LogP contribution in [0.25, 0.3) is 6.08 Å². The molecule has 0 unspecified atom stereocenters. The molecule has 0 radical (unpaired) electrons. The Balaban J connectivity index is 2.44. The van der Waals surface area contributed by atoms with Crippen molar-refractivity contribution in [3.8, 4) is 11.5 Å². The van der Waals surface area contributed by atoms with Crippen molar-refractivity contribution in [3.63, 3.8) is 0 Å². The van der Waals surface area contributed by atoms with Gasteiger partial charge < -0.3 is 15.2 Å². The molecule has 0 amide bonds. The minimum Gasteiger partial charge on any atom is -0.490 e. The Hall–Kier alpha value is -1.48. The van der Waals surface area contributed by atoms with E-state index in [1.54, 1.807) is 0 Å².